The standard InChI is InChI=1S/C28H28N4O6/c1-17-18(2)31-13-12-22-24(27(31)29-17)30-23(19-8-5-4-6-9-19)26(25(22)37-15-14-36-3)38-28(33)20-10-7-11-21(16-20)32(34)35/h4-13,16,23,25-26,30H,14-15H2,1-3H3/t23-,25+,26-/m1/s1. The summed E-state index contributed by atoms with van der Waals surface area (Å²) in [6, 6.07) is 16.6. The molecule has 10 heteroatoms. The minimum atomic E-state index is -0.798. The molecule has 0 aliphatic carbocycles. The van der Waals surface area contributed by atoms with Crippen molar-refractivity contribution >= 4 is 23.0 Å². The second-order valence-electron chi connectivity index (χ2n) is 9.12. The number of non-ortho nitro benzene ring substituents is 1. The van der Waals surface area contributed by atoms with Gasteiger partial charge in [-0.3, -0.25) is 10.1 Å². The number of carbonyl (C=O) groups is 1. The van der Waals surface area contributed by atoms with Crippen LogP contribution < -0.4 is 5.32 Å². The number of aryl methyl sites for hydroxylation is 2. The molecule has 196 valence electrons. The normalized spacial score (nSPS) is 18.6. The zero-order valence-corrected chi connectivity index (χ0v) is 21.3. The average Bonchev–Trinajstić information content (AvgIpc) is 3.23. The van der Waals surface area contributed by atoms with Gasteiger partial charge in [-0.2, -0.15) is 0 Å². The minimum absolute atomic E-state index is 0.0856. The third-order valence-corrected chi connectivity index (χ3v) is 6.81. The number of rotatable bonds is 8. The number of fused-ring (bicyclic) bond motifs is 3. The van der Waals surface area contributed by atoms with Crippen molar-refractivity contribution in [2.24, 2.45) is 0 Å². The van der Waals surface area contributed by atoms with Gasteiger partial charge in [0.1, 0.15) is 6.10 Å². The Balaban J connectivity index is 1.61. The number of hydrogen-bond donors (Lipinski definition) is 1. The molecule has 1 aliphatic rings. The van der Waals surface area contributed by atoms with Crippen LogP contribution >= 0.6 is 0 Å². The lowest BCUT2D eigenvalue weighted by molar-refractivity contribution is -0.384. The van der Waals surface area contributed by atoms with Gasteiger partial charge in [-0.05, 0) is 31.5 Å². The molecule has 3 heterocycles. The molecule has 1 N–H and O–H groups in total. The highest BCUT2D eigenvalue weighted by Crippen LogP contribution is 2.45. The lowest BCUT2D eigenvalue weighted by atomic mass is 9.88. The van der Waals surface area contributed by atoms with Gasteiger partial charge in [0.25, 0.3) is 5.69 Å². The summed E-state index contributed by atoms with van der Waals surface area (Å²) in [6.07, 6.45) is 0.477. The van der Waals surface area contributed by atoms with E-state index in [-0.39, 0.29) is 17.9 Å². The molecule has 5 rings (SSSR count). The Morgan fingerprint density at radius 2 is 1.89 bits per heavy atom. The maximum Gasteiger partial charge on any atom is 0.338 e. The number of nitro benzene ring substituents is 1. The van der Waals surface area contributed by atoms with Crippen LogP contribution in [0.3, 0.4) is 0 Å². The molecule has 2 aromatic carbocycles. The Hall–Kier alpha value is -4.28. The van der Waals surface area contributed by atoms with Crippen LogP contribution in [0.25, 0.3) is 5.65 Å². The van der Waals surface area contributed by atoms with Crippen LogP contribution in [-0.4, -0.2) is 46.7 Å². The molecule has 0 radical (unpaired) electrons. The fourth-order valence-electron chi connectivity index (χ4n) is 4.77. The molecule has 38 heavy (non-hydrogen) atoms. The molecular weight excluding hydrogens is 488 g/mol. The molecule has 0 fully saturated rings. The lowest BCUT2D eigenvalue weighted by Gasteiger charge is -2.40. The SMILES string of the molecule is COCCO[C@H]1c2ccn3c(C)c(C)nc3c2N[C@H](c2ccccc2)[C@H]1OC(=O)c1cccc([N+](=O)[O-])c1. The molecule has 0 spiro atoms. The summed E-state index contributed by atoms with van der Waals surface area (Å²) in [6.45, 7) is 4.59. The van der Waals surface area contributed by atoms with E-state index in [1.807, 2.05) is 60.8 Å². The summed E-state index contributed by atoms with van der Waals surface area (Å²) in [4.78, 5) is 28.9. The van der Waals surface area contributed by atoms with Crippen LogP contribution in [0.5, 0.6) is 0 Å². The number of aromatic nitrogens is 2. The first kappa shape index (κ1) is 25.4. The molecule has 2 aromatic heterocycles. The van der Waals surface area contributed by atoms with E-state index in [0.717, 1.165) is 33.8 Å². The molecule has 0 amide bonds. The predicted octanol–water partition coefficient (Wildman–Crippen LogP) is 4.96. The van der Waals surface area contributed by atoms with Gasteiger partial charge in [0.2, 0.25) is 0 Å². The van der Waals surface area contributed by atoms with Crippen molar-refractivity contribution in [1.82, 2.24) is 9.38 Å². The summed E-state index contributed by atoms with van der Waals surface area (Å²) in [5.41, 5.74) is 5.06. The van der Waals surface area contributed by atoms with Crippen LogP contribution in [0, 0.1) is 24.0 Å². The molecule has 1 aliphatic heterocycles. The number of nitrogens with one attached hydrogen (secondary N) is 1. The molecule has 0 bridgehead atoms. The van der Waals surface area contributed by atoms with Crippen LogP contribution in [0.4, 0.5) is 11.4 Å². The number of nitrogens with zero attached hydrogens (tertiary/aromatic N) is 3. The summed E-state index contributed by atoms with van der Waals surface area (Å²) in [5.74, 6) is -0.682. The number of ether oxygens (including phenoxy) is 3. The van der Waals surface area contributed by atoms with Crippen molar-refractivity contribution in [3.05, 3.63) is 105 Å². The van der Waals surface area contributed by atoms with Crippen molar-refractivity contribution in [1.29, 1.82) is 0 Å². The Morgan fingerprint density at radius 3 is 2.63 bits per heavy atom. The number of methoxy groups -OCH3 is 1. The Morgan fingerprint density at radius 1 is 1.11 bits per heavy atom. The third-order valence-electron chi connectivity index (χ3n) is 6.81. The topological polar surface area (TPSA) is 117 Å². The van der Waals surface area contributed by atoms with Crippen molar-refractivity contribution < 1.29 is 23.9 Å². The number of esters is 1. The minimum Gasteiger partial charge on any atom is -0.453 e. The largest absolute Gasteiger partial charge is 0.453 e. The van der Waals surface area contributed by atoms with Crippen LogP contribution in [0.1, 0.15) is 45.0 Å². The quantitative estimate of drug-likeness (QED) is 0.151. The highest BCUT2D eigenvalue weighted by atomic mass is 16.6. The van der Waals surface area contributed by atoms with Crippen molar-refractivity contribution in [2.45, 2.75) is 32.1 Å². The fourth-order valence-corrected chi connectivity index (χ4v) is 4.77. The van der Waals surface area contributed by atoms with E-state index in [9.17, 15) is 14.9 Å². The van der Waals surface area contributed by atoms with Gasteiger partial charge < -0.3 is 23.9 Å². The Kier molecular flexibility index (Phi) is 7.08. The van der Waals surface area contributed by atoms with Crippen molar-refractivity contribution in [2.75, 3.05) is 25.6 Å². The van der Waals surface area contributed by atoms with Gasteiger partial charge >= 0.3 is 5.97 Å². The van der Waals surface area contributed by atoms with E-state index in [1.165, 1.54) is 24.3 Å². The molecule has 4 aromatic rings. The second-order valence-corrected chi connectivity index (χ2v) is 9.12. The molecular formula is C28H28N4O6. The van der Waals surface area contributed by atoms with Gasteiger partial charge in [-0.15, -0.1) is 0 Å². The van der Waals surface area contributed by atoms with Crippen molar-refractivity contribution in [3.8, 4) is 0 Å². The van der Waals surface area contributed by atoms with Gasteiger partial charge in [-0.25, -0.2) is 9.78 Å². The number of carbonyl (C=O) groups excluding carboxylic acids is 1. The number of nitro groups is 1. The highest BCUT2D eigenvalue weighted by Gasteiger charge is 2.42. The molecule has 0 saturated heterocycles. The Labute approximate surface area is 219 Å². The molecule has 3 atom stereocenters. The van der Waals surface area contributed by atoms with Gasteiger partial charge in [-0.1, -0.05) is 36.4 Å². The predicted molar refractivity (Wildman–Crippen MR) is 140 cm³/mol. The maximum atomic E-state index is 13.3. The van der Waals surface area contributed by atoms with E-state index < -0.39 is 29.1 Å². The second kappa shape index (κ2) is 10.6. The number of hydrogen-bond acceptors (Lipinski definition) is 8. The van der Waals surface area contributed by atoms with Crippen molar-refractivity contribution in [3.63, 3.8) is 0 Å². The molecule has 0 unspecified atom stereocenters. The smallest absolute Gasteiger partial charge is 0.338 e. The zero-order chi connectivity index (χ0) is 26.8. The summed E-state index contributed by atoms with van der Waals surface area (Å²) in [5, 5.41) is 14.8. The first-order valence-corrected chi connectivity index (χ1v) is 12.2. The summed E-state index contributed by atoms with van der Waals surface area (Å²) >= 11 is 0. The number of imidazole rings is 1. The first-order chi connectivity index (χ1) is 18.4. The summed E-state index contributed by atoms with van der Waals surface area (Å²) < 4.78 is 19.6. The summed E-state index contributed by atoms with van der Waals surface area (Å²) in [7, 11) is 1.59. The van der Waals surface area contributed by atoms with E-state index in [1.54, 1.807) is 7.11 Å². The lowest BCUT2D eigenvalue weighted by Crippen LogP contribution is -2.41. The van der Waals surface area contributed by atoms with Crippen LogP contribution in [0.15, 0.2) is 66.9 Å². The first-order valence-electron chi connectivity index (χ1n) is 12.2. The third kappa shape index (κ3) is 4.71. The Bertz CT molecular complexity index is 1490. The number of pyridine rings is 1. The van der Waals surface area contributed by atoms with Gasteiger partial charge in [0.05, 0.1) is 41.1 Å². The van der Waals surface area contributed by atoms with Gasteiger partial charge in [0.15, 0.2) is 11.8 Å². The van der Waals surface area contributed by atoms with E-state index >= 15 is 0 Å². The fraction of sp³-hybridized carbons (Fsp3) is 0.286. The monoisotopic (exact) mass is 516 g/mol. The molecule has 0 saturated carbocycles. The van der Waals surface area contributed by atoms with E-state index in [0.29, 0.717) is 6.61 Å². The van der Waals surface area contributed by atoms with E-state index in [4.69, 9.17) is 19.2 Å². The maximum absolute atomic E-state index is 13.3. The number of benzene rings is 2. The average molecular weight is 517 g/mol. The molecule has 10 nitrogen and oxygen atoms in total. The van der Waals surface area contributed by atoms with Crippen LogP contribution in [0.2, 0.25) is 0 Å². The van der Waals surface area contributed by atoms with Crippen LogP contribution in [-0.2, 0) is 14.2 Å². The van der Waals surface area contributed by atoms with Gasteiger partial charge in [0, 0.05) is 36.7 Å². The highest BCUT2D eigenvalue weighted by molar-refractivity contribution is 5.90. The van der Waals surface area contributed by atoms with E-state index in [2.05, 4.69) is 5.32 Å². The zero-order valence-electron chi connectivity index (χ0n) is 21.3. The number of anilines is 1.